The van der Waals surface area contributed by atoms with Crippen LogP contribution in [0.4, 0.5) is 27.4 Å². The van der Waals surface area contributed by atoms with Crippen molar-refractivity contribution >= 4 is 40.0 Å². The highest BCUT2D eigenvalue weighted by Gasteiger charge is 2.19. The molecule has 0 radical (unpaired) electrons. The summed E-state index contributed by atoms with van der Waals surface area (Å²) < 4.78 is 14.6. The maximum absolute atomic E-state index is 14.6. The van der Waals surface area contributed by atoms with E-state index in [2.05, 4.69) is 44.2 Å². The average molecular weight is 472 g/mol. The number of hydrogen-bond acceptors (Lipinski definition) is 6. The van der Waals surface area contributed by atoms with Crippen molar-refractivity contribution in [1.29, 1.82) is 0 Å². The molecule has 178 valence electrons. The third-order valence-electron chi connectivity index (χ3n) is 6.23. The fourth-order valence-corrected chi connectivity index (χ4v) is 4.26. The number of anilines is 4. The molecule has 2 aromatic heterocycles. The summed E-state index contributed by atoms with van der Waals surface area (Å²) in [6, 6.07) is 12.3. The molecule has 9 heteroatoms. The first-order valence-corrected chi connectivity index (χ1v) is 11.6. The SMILES string of the molecule is C=CC(=O)Nc1cccc(-c2nc(Nc3ccc(F)c(N4CCC(C)CC4)c3)nc3[nH]ncc23)c1. The molecule has 2 aromatic carbocycles. The van der Waals surface area contributed by atoms with Crippen molar-refractivity contribution < 1.29 is 9.18 Å². The van der Waals surface area contributed by atoms with Crippen LogP contribution >= 0.6 is 0 Å². The predicted octanol–water partition coefficient (Wildman–Crippen LogP) is 5.26. The van der Waals surface area contributed by atoms with Crippen molar-refractivity contribution in [2.75, 3.05) is 28.6 Å². The summed E-state index contributed by atoms with van der Waals surface area (Å²) in [6.45, 7) is 7.39. The number of fused-ring (bicyclic) bond motifs is 1. The molecule has 8 nitrogen and oxygen atoms in total. The predicted molar refractivity (Wildman–Crippen MR) is 136 cm³/mol. The number of carbonyl (C=O) groups excluding carboxylic acids is 1. The summed E-state index contributed by atoms with van der Waals surface area (Å²) in [6.07, 6.45) is 4.98. The van der Waals surface area contributed by atoms with Gasteiger partial charge < -0.3 is 15.5 Å². The van der Waals surface area contributed by atoms with Crippen LogP contribution in [0.5, 0.6) is 0 Å². The van der Waals surface area contributed by atoms with Gasteiger partial charge in [0.1, 0.15) is 5.82 Å². The Bertz CT molecular complexity index is 1390. The molecule has 0 bridgehead atoms. The minimum atomic E-state index is -0.295. The number of halogens is 1. The number of nitrogens with one attached hydrogen (secondary N) is 3. The van der Waals surface area contributed by atoms with Gasteiger partial charge in [0.2, 0.25) is 11.9 Å². The monoisotopic (exact) mass is 471 g/mol. The summed E-state index contributed by atoms with van der Waals surface area (Å²) in [4.78, 5) is 23.1. The van der Waals surface area contributed by atoms with Gasteiger partial charge in [0.25, 0.3) is 0 Å². The lowest BCUT2D eigenvalue weighted by molar-refractivity contribution is -0.111. The van der Waals surface area contributed by atoms with E-state index in [1.165, 1.54) is 12.1 Å². The standard InChI is InChI=1S/C26H26FN7O/c1-3-23(35)29-18-6-4-5-17(13-18)24-20-15-28-33-25(20)32-26(31-24)30-19-7-8-21(27)22(14-19)34-11-9-16(2)10-12-34/h3-8,13-16H,1,9-12H2,2H3,(H,29,35)(H2,28,30,31,32,33). The largest absolute Gasteiger partial charge is 0.369 e. The minimum absolute atomic E-state index is 0.242. The van der Waals surface area contributed by atoms with Gasteiger partial charge in [-0.3, -0.25) is 9.89 Å². The highest BCUT2D eigenvalue weighted by molar-refractivity contribution is 5.99. The molecule has 0 unspecified atom stereocenters. The van der Waals surface area contributed by atoms with E-state index in [0.29, 0.717) is 40.3 Å². The number of rotatable bonds is 6. The molecule has 0 saturated carbocycles. The van der Waals surface area contributed by atoms with Crippen LogP contribution in [0, 0.1) is 11.7 Å². The number of nitrogens with zero attached hydrogens (tertiary/aromatic N) is 4. The Morgan fingerprint density at radius 1 is 1.17 bits per heavy atom. The number of hydrogen-bond donors (Lipinski definition) is 3. The van der Waals surface area contributed by atoms with Gasteiger partial charge in [-0.25, -0.2) is 9.37 Å². The molecule has 1 fully saturated rings. The summed E-state index contributed by atoms with van der Waals surface area (Å²) in [5.41, 5.74) is 3.88. The molecule has 35 heavy (non-hydrogen) atoms. The van der Waals surface area contributed by atoms with Crippen molar-refractivity contribution in [3.8, 4) is 11.3 Å². The average Bonchev–Trinajstić information content (AvgIpc) is 3.34. The van der Waals surface area contributed by atoms with Gasteiger partial charge in [-0.1, -0.05) is 25.6 Å². The molecule has 1 saturated heterocycles. The molecular weight excluding hydrogens is 445 g/mol. The van der Waals surface area contributed by atoms with E-state index in [9.17, 15) is 9.18 Å². The van der Waals surface area contributed by atoms with Crippen LogP contribution in [0.15, 0.2) is 61.3 Å². The van der Waals surface area contributed by atoms with Gasteiger partial charge in [0.05, 0.1) is 23.0 Å². The Morgan fingerprint density at radius 3 is 2.80 bits per heavy atom. The van der Waals surface area contributed by atoms with E-state index >= 15 is 0 Å². The second kappa shape index (κ2) is 9.54. The van der Waals surface area contributed by atoms with Crippen molar-refractivity contribution in [3.05, 3.63) is 67.1 Å². The van der Waals surface area contributed by atoms with Gasteiger partial charge in [-0.15, -0.1) is 0 Å². The van der Waals surface area contributed by atoms with Crippen LogP contribution in [0.1, 0.15) is 19.8 Å². The molecule has 3 N–H and O–H groups in total. The Kier molecular flexibility index (Phi) is 6.13. The van der Waals surface area contributed by atoms with E-state index in [1.54, 1.807) is 24.4 Å². The summed E-state index contributed by atoms with van der Waals surface area (Å²) >= 11 is 0. The van der Waals surface area contributed by atoms with E-state index in [1.807, 2.05) is 18.2 Å². The van der Waals surface area contributed by atoms with Crippen molar-refractivity contribution in [2.45, 2.75) is 19.8 Å². The summed E-state index contributed by atoms with van der Waals surface area (Å²) in [7, 11) is 0. The fourth-order valence-electron chi connectivity index (χ4n) is 4.26. The summed E-state index contributed by atoms with van der Waals surface area (Å²) in [5, 5.41) is 13.7. The van der Waals surface area contributed by atoms with Crippen molar-refractivity contribution in [2.24, 2.45) is 5.92 Å². The van der Waals surface area contributed by atoms with Crippen molar-refractivity contribution in [3.63, 3.8) is 0 Å². The lowest BCUT2D eigenvalue weighted by Crippen LogP contribution is -2.33. The second-order valence-corrected chi connectivity index (χ2v) is 8.76. The number of H-pyrrole nitrogens is 1. The number of piperidine rings is 1. The Morgan fingerprint density at radius 2 is 2.00 bits per heavy atom. The fraction of sp³-hybridized carbons (Fsp3) is 0.231. The van der Waals surface area contributed by atoms with Gasteiger partial charge in [-0.05, 0) is 55.2 Å². The first-order chi connectivity index (χ1) is 17.0. The zero-order chi connectivity index (χ0) is 24.4. The molecule has 5 rings (SSSR count). The molecule has 1 amide bonds. The number of aromatic nitrogens is 4. The van der Waals surface area contributed by atoms with E-state index < -0.39 is 0 Å². The Hall–Kier alpha value is -4.27. The number of carbonyl (C=O) groups is 1. The minimum Gasteiger partial charge on any atom is -0.369 e. The number of benzene rings is 2. The van der Waals surface area contributed by atoms with Crippen LogP contribution in [-0.2, 0) is 4.79 Å². The van der Waals surface area contributed by atoms with Crippen LogP contribution in [-0.4, -0.2) is 39.2 Å². The Balaban J connectivity index is 1.47. The van der Waals surface area contributed by atoms with Gasteiger partial charge in [-0.2, -0.15) is 10.1 Å². The van der Waals surface area contributed by atoms with Crippen LogP contribution in [0.3, 0.4) is 0 Å². The highest BCUT2D eigenvalue weighted by atomic mass is 19.1. The van der Waals surface area contributed by atoms with Crippen molar-refractivity contribution in [1.82, 2.24) is 20.2 Å². The molecular formula is C26H26FN7O. The third kappa shape index (κ3) is 4.84. The Labute approximate surface area is 202 Å². The number of amides is 1. The van der Waals surface area contributed by atoms with Gasteiger partial charge in [0, 0.05) is 30.0 Å². The molecule has 3 heterocycles. The summed E-state index contributed by atoms with van der Waals surface area (Å²) in [5.74, 6) is 0.472. The molecule has 1 aliphatic heterocycles. The first-order valence-electron chi connectivity index (χ1n) is 11.6. The zero-order valence-corrected chi connectivity index (χ0v) is 19.4. The molecule has 0 spiro atoms. The second-order valence-electron chi connectivity index (χ2n) is 8.76. The molecule has 0 atom stereocenters. The van der Waals surface area contributed by atoms with Crippen LogP contribution < -0.4 is 15.5 Å². The van der Waals surface area contributed by atoms with E-state index in [4.69, 9.17) is 4.98 Å². The maximum atomic E-state index is 14.6. The zero-order valence-electron chi connectivity index (χ0n) is 19.4. The molecule has 0 aliphatic carbocycles. The van der Waals surface area contributed by atoms with Crippen LogP contribution in [0.2, 0.25) is 0 Å². The van der Waals surface area contributed by atoms with E-state index in [-0.39, 0.29) is 11.7 Å². The topological polar surface area (TPSA) is 98.8 Å². The maximum Gasteiger partial charge on any atom is 0.247 e. The highest BCUT2D eigenvalue weighted by Crippen LogP contribution is 2.31. The van der Waals surface area contributed by atoms with E-state index in [0.717, 1.165) is 36.9 Å². The smallest absolute Gasteiger partial charge is 0.247 e. The normalized spacial score (nSPS) is 14.2. The lowest BCUT2D eigenvalue weighted by atomic mass is 9.99. The molecule has 4 aromatic rings. The molecule has 1 aliphatic rings. The van der Waals surface area contributed by atoms with Gasteiger partial charge >= 0.3 is 0 Å². The number of aromatic amines is 1. The quantitative estimate of drug-likeness (QED) is 0.332. The first kappa shape index (κ1) is 22.5. The van der Waals surface area contributed by atoms with Gasteiger partial charge in [0.15, 0.2) is 5.65 Å². The van der Waals surface area contributed by atoms with Crippen LogP contribution in [0.25, 0.3) is 22.3 Å². The third-order valence-corrected chi connectivity index (χ3v) is 6.23. The lowest BCUT2D eigenvalue weighted by Gasteiger charge is -2.32.